The van der Waals surface area contributed by atoms with Crippen molar-refractivity contribution in [1.29, 1.82) is 0 Å². The van der Waals surface area contributed by atoms with Crippen LogP contribution in [0.15, 0.2) is 78.9 Å². The smallest absolute Gasteiger partial charge is 0.411 e. The van der Waals surface area contributed by atoms with Crippen LogP contribution in [0.5, 0.6) is 5.75 Å². The summed E-state index contributed by atoms with van der Waals surface area (Å²) >= 11 is 0. The second kappa shape index (κ2) is 11.4. The van der Waals surface area contributed by atoms with E-state index < -0.39 is 18.2 Å². The van der Waals surface area contributed by atoms with Crippen molar-refractivity contribution in [3.63, 3.8) is 0 Å². The summed E-state index contributed by atoms with van der Waals surface area (Å²) in [4.78, 5) is 40.3. The Labute approximate surface area is 210 Å². The second-order valence-electron chi connectivity index (χ2n) is 8.47. The van der Waals surface area contributed by atoms with Crippen LogP contribution in [0.4, 0.5) is 10.5 Å². The van der Waals surface area contributed by atoms with E-state index in [0.29, 0.717) is 29.1 Å². The van der Waals surface area contributed by atoms with Crippen molar-refractivity contribution in [2.45, 2.75) is 32.0 Å². The van der Waals surface area contributed by atoms with Crippen molar-refractivity contribution in [3.8, 4) is 5.75 Å². The largest absolute Gasteiger partial charge is 0.497 e. The maximum Gasteiger partial charge on any atom is 0.411 e. The monoisotopic (exact) mass is 487 g/mol. The van der Waals surface area contributed by atoms with Crippen molar-refractivity contribution >= 4 is 23.6 Å². The molecule has 2 atom stereocenters. The summed E-state index contributed by atoms with van der Waals surface area (Å²) in [5.41, 5.74) is 2.46. The second-order valence-corrected chi connectivity index (χ2v) is 8.47. The van der Waals surface area contributed by atoms with Gasteiger partial charge in [0.25, 0.3) is 5.91 Å². The van der Waals surface area contributed by atoms with E-state index in [9.17, 15) is 14.4 Å². The van der Waals surface area contributed by atoms with Crippen molar-refractivity contribution in [1.82, 2.24) is 10.2 Å². The van der Waals surface area contributed by atoms with E-state index in [4.69, 9.17) is 9.47 Å². The summed E-state index contributed by atoms with van der Waals surface area (Å²) in [5.74, 6) is -0.0134. The number of ether oxygens (including phenoxy) is 2. The predicted molar refractivity (Wildman–Crippen MR) is 136 cm³/mol. The highest BCUT2D eigenvalue weighted by molar-refractivity contribution is 6.04. The number of rotatable bonds is 9. The molecule has 1 aliphatic heterocycles. The zero-order chi connectivity index (χ0) is 25.5. The zero-order valence-electron chi connectivity index (χ0n) is 20.3. The van der Waals surface area contributed by atoms with Gasteiger partial charge in [0, 0.05) is 17.8 Å². The van der Waals surface area contributed by atoms with Crippen molar-refractivity contribution in [2.75, 3.05) is 19.0 Å². The number of methoxy groups -OCH3 is 1. The van der Waals surface area contributed by atoms with Gasteiger partial charge >= 0.3 is 6.09 Å². The molecule has 3 amide bonds. The van der Waals surface area contributed by atoms with E-state index in [0.717, 1.165) is 12.0 Å². The minimum Gasteiger partial charge on any atom is -0.497 e. The zero-order valence-corrected chi connectivity index (χ0v) is 20.3. The van der Waals surface area contributed by atoms with Gasteiger partial charge in [0.05, 0.1) is 13.7 Å². The molecular formula is C28H29N3O5. The number of cyclic esters (lactones) is 1. The molecule has 4 rings (SSSR count). The van der Waals surface area contributed by atoms with Crippen LogP contribution in [0, 0.1) is 0 Å². The van der Waals surface area contributed by atoms with E-state index in [2.05, 4.69) is 10.6 Å². The molecule has 0 bridgehead atoms. The lowest BCUT2D eigenvalue weighted by molar-refractivity contribution is -0.126. The molecule has 0 spiro atoms. The van der Waals surface area contributed by atoms with Crippen LogP contribution < -0.4 is 15.4 Å². The number of nitrogens with one attached hydrogen (secondary N) is 2. The first-order chi connectivity index (χ1) is 17.5. The van der Waals surface area contributed by atoms with Crippen molar-refractivity contribution in [3.05, 3.63) is 95.6 Å². The molecular weight excluding hydrogens is 458 g/mol. The summed E-state index contributed by atoms with van der Waals surface area (Å²) in [6.45, 7) is 2.70. The molecule has 0 aliphatic carbocycles. The summed E-state index contributed by atoms with van der Waals surface area (Å²) in [6, 6.07) is 22.4. The summed E-state index contributed by atoms with van der Waals surface area (Å²) in [6.07, 6.45) is -0.624. The molecule has 1 aliphatic rings. The molecule has 36 heavy (non-hydrogen) atoms. The van der Waals surface area contributed by atoms with E-state index in [1.165, 1.54) is 12.0 Å². The predicted octanol–water partition coefficient (Wildman–Crippen LogP) is 4.54. The van der Waals surface area contributed by atoms with Crippen LogP contribution in [0.1, 0.15) is 40.9 Å². The van der Waals surface area contributed by atoms with E-state index in [1.54, 1.807) is 48.5 Å². The number of benzene rings is 3. The van der Waals surface area contributed by atoms with E-state index >= 15 is 0 Å². The van der Waals surface area contributed by atoms with Crippen molar-refractivity contribution in [2.24, 2.45) is 0 Å². The molecule has 3 aromatic carbocycles. The Morgan fingerprint density at radius 2 is 1.78 bits per heavy atom. The SMILES string of the molecule is CCCNC(=O)C1C(c2cccc(NC(=O)c3cccc(OC)c3)c2)OC(=O)N1Cc1ccccc1. The molecule has 8 heteroatoms. The molecule has 0 saturated carbocycles. The van der Waals surface area contributed by atoms with Gasteiger partial charge in [-0.15, -0.1) is 0 Å². The van der Waals surface area contributed by atoms with Gasteiger partial charge in [0.15, 0.2) is 12.1 Å². The van der Waals surface area contributed by atoms with Gasteiger partial charge in [-0.1, -0.05) is 55.5 Å². The highest BCUT2D eigenvalue weighted by Gasteiger charge is 2.46. The summed E-state index contributed by atoms with van der Waals surface area (Å²) in [5, 5.41) is 5.76. The molecule has 0 radical (unpaired) electrons. The Morgan fingerprint density at radius 3 is 2.53 bits per heavy atom. The molecule has 1 saturated heterocycles. The number of carbonyl (C=O) groups is 3. The lowest BCUT2D eigenvalue weighted by Gasteiger charge is -2.24. The molecule has 1 fully saturated rings. The van der Waals surface area contributed by atoms with Crippen LogP contribution in [0.3, 0.4) is 0 Å². The molecule has 2 N–H and O–H groups in total. The van der Waals surface area contributed by atoms with Crippen molar-refractivity contribution < 1.29 is 23.9 Å². The number of hydrogen-bond donors (Lipinski definition) is 2. The molecule has 3 aromatic rings. The Bertz CT molecular complexity index is 1230. The number of hydrogen-bond acceptors (Lipinski definition) is 5. The van der Waals surface area contributed by atoms with Gasteiger partial charge in [-0.05, 0) is 47.9 Å². The van der Waals surface area contributed by atoms with Crippen LogP contribution >= 0.6 is 0 Å². The number of amides is 3. The maximum absolute atomic E-state index is 13.2. The molecule has 186 valence electrons. The average Bonchev–Trinajstić information content (AvgIpc) is 3.23. The molecule has 1 heterocycles. The topological polar surface area (TPSA) is 97.0 Å². The van der Waals surface area contributed by atoms with Gasteiger partial charge < -0.3 is 20.1 Å². The third-order valence-electron chi connectivity index (χ3n) is 5.90. The Morgan fingerprint density at radius 1 is 1.00 bits per heavy atom. The third kappa shape index (κ3) is 5.66. The third-order valence-corrected chi connectivity index (χ3v) is 5.90. The maximum atomic E-state index is 13.2. The van der Waals surface area contributed by atoms with E-state index in [-0.39, 0.29) is 18.4 Å². The molecule has 8 nitrogen and oxygen atoms in total. The fourth-order valence-corrected chi connectivity index (χ4v) is 4.10. The van der Waals surface area contributed by atoms with Gasteiger partial charge in [-0.25, -0.2) is 4.79 Å². The number of nitrogens with zero attached hydrogens (tertiary/aromatic N) is 1. The van der Waals surface area contributed by atoms with Gasteiger partial charge in [0.2, 0.25) is 5.91 Å². The average molecular weight is 488 g/mol. The first kappa shape index (κ1) is 24.8. The van der Waals surface area contributed by atoms with Gasteiger partial charge in [-0.3, -0.25) is 14.5 Å². The lowest BCUT2D eigenvalue weighted by Crippen LogP contribution is -2.46. The fourth-order valence-electron chi connectivity index (χ4n) is 4.10. The summed E-state index contributed by atoms with van der Waals surface area (Å²) < 4.78 is 10.9. The van der Waals surface area contributed by atoms with Gasteiger partial charge in [-0.2, -0.15) is 0 Å². The minimum atomic E-state index is -0.853. The molecule has 0 aromatic heterocycles. The highest BCUT2D eigenvalue weighted by atomic mass is 16.6. The van der Waals surface area contributed by atoms with Crippen LogP contribution in [0.25, 0.3) is 0 Å². The summed E-state index contributed by atoms with van der Waals surface area (Å²) in [7, 11) is 1.54. The fraction of sp³-hybridized carbons (Fsp3) is 0.250. The van der Waals surface area contributed by atoms with Gasteiger partial charge in [0.1, 0.15) is 5.75 Å². The first-order valence-electron chi connectivity index (χ1n) is 11.8. The van der Waals surface area contributed by atoms with Crippen LogP contribution in [-0.4, -0.2) is 42.5 Å². The standard InChI is InChI=1S/C28H29N3O5/c1-3-15-29-27(33)24-25(36-28(34)31(24)18-19-9-5-4-6-10-19)20-11-7-13-22(16-20)30-26(32)21-12-8-14-23(17-21)35-2/h4-14,16-17,24-25H,3,15,18H2,1-2H3,(H,29,33)(H,30,32). The number of anilines is 1. The van der Waals surface area contributed by atoms with Crippen LogP contribution in [0.2, 0.25) is 0 Å². The first-order valence-corrected chi connectivity index (χ1v) is 11.8. The Balaban J connectivity index is 1.58. The molecule has 2 unspecified atom stereocenters. The Hall–Kier alpha value is -4.33. The number of carbonyl (C=O) groups excluding carboxylic acids is 3. The van der Waals surface area contributed by atoms with Crippen LogP contribution in [-0.2, 0) is 16.1 Å². The Kier molecular flexibility index (Phi) is 7.85. The highest BCUT2D eigenvalue weighted by Crippen LogP contribution is 2.35. The van der Waals surface area contributed by atoms with E-state index in [1.807, 2.05) is 37.3 Å². The quantitative estimate of drug-likeness (QED) is 0.462. The lowest BCUT2D eigenvalue weighted by atomic mass is 10.00. The normalized spacial score (nSPS) is 16.8. The minimum absolute atomic E-state index is 0.243.